The van der Waals surface area contributed by atoms with E-state index in [0.29, 0.717) is 11.3 Å². The third-order valence-electron chi connectivity index (χ3n) is 4.28. The number of pyridine rings is 1. The second kappa shape index (κ2) is 9.07. The van der Waals surface area contributed by atoms with Gasteiger partial charge < -0.3 is 0 Å². The fourth-order valence-corrected chi connectivity index (χ4v) is 3.01. The lowest BCUT2D eigenvalue weighted by atomic mass is 10.0. The fourth-order valence-electron chi connectivity index (χ4n) is 3.01. The van der Waals surface area contributed by atoms with Gasteiger partial charge in [0.25, 0.3) is 0 Å². The van der Waals surface area contributed by atoms with Gasteiger partial charge >= 0.3 is 5.69 Å². The summed E-state index contributed by atoms with van der Waals surface area (Å²) in [5, 5.41) is 7.65. The Morgan fingerprint density at radius 1 is 1.41 bits per heavy atom. The van der Waals surface area contributed by atoms with Crippen LogP contribution in [0.2, 0.25) is 0 Å². The number of fused-ring (bicyclic) bond motifs is 1. The van der Waals surface area contributed by atoms with Gasteiger partial charge in [-0.3, -0.25) is 9.13 Å². The minimum Gasteiger partial charge on any atom is -0.284 e. The van der Waals surface area contributed by atoms with Crippen molar-refractivity contribution >= 4 is 16.7 Å². The SMILES string of the molecule is C=C/C=C(\C=C(/C)c1cnc2c(c1)n(CC(=C)N=NC)c(=O)n2C)CCC. The Morgan fingerprint density at radius 2 is 2.15 bits per heavy atom. The van der Waals surface area contributed by atoms with Crippen molar-refractivity contribution in [2.45, 2.75) is 33.2 Å². The van der Waals surface area contributed by atoms with E-state index < -0.39 is 0 Å². The highest BCUT2D eigenvalue weighted by molar-refractivity contribution is 5.78. The number of aryl methyl sites for hydroxylation is 1. The zero-order valence-electron chi connectivity index (χ0n) is 16.6. The number of rotatable bonds is 8. The summed E-state index contributed by atoms with van der Waals surface area (Å²) in [5.74, 6) is 0. The maximum absolute atomic E-state index is 12.6. The molecule has 0 aliphatic carbocycles. The largest absolute Gasteiger partial charge is 0.330 e. The van der Waals surface area contributed by atoms with Crippen LogP contribution in [-0.2, 0) is 13.6 Å². The number of nitrogens with zero attached hydrogens (tertiary/aromatic N) is 5. The average Bonchev–Trinajstić information content (AvgIpc) is 2.87. The van der Waals surface area contributed by atoms with Crippen molar-refractivity contribution < 1.29 is 0 Å². The first-order valence-electron chi connectivity index (χ1n) is 8.96. The number of aromatic nitrogens is 3. The van der Waals surface area contributed by atoms with Crippen LogP contribution >= 0.6 is 0 Å². The molecule has 0 fully saturated rings. The highest BCUT2D eigenvalue weighted by Gasteiger charge is 2.14. The Morgan fingerprint density at radius 3 is 2.78 bits per heavy atom. The predicted octanol–water partition coefficient (Wildman–Crippen LogP) is 4.65. The third-order valence-corrected chi connectivity index (χ3v) is 4.28. The van der Waals surface area contributed by atoms with Crippen molar-refractivity contribution in [3.05, 3.63) is 71.0 Å². The molecule has 0 spiro atoms. The van der Waals surface area contributed by atoms with Crippen LogP contribution in [0.1, 0.15) is 32.3 Å². The zero-order valence-corrected chi connectivity index (χ0v) is 16.6. The Balaban J connectivity index is 2.55. The van der Waals surface area contributed by atoms with Crippen molar-refractivity contribution in [1.29, 1.82) is 0 Å². The van der Waals surface area contributed by atoms with E-state index in [9.17, 15) is 4.79 Å². The van der Waals surface area contributed by atoms with Gasteiger partial charge in [-0.05, 0) is 36.1 Å². The molecule has 0 aliphatic heterocycles. The molecule has 6 heteroatoms. The number of hydrogen-bond donors (Lipinski definition) is 0. The molecule has 2 aromatic rings. The molecule has 0 radical (unpaired) electrons. The van der Waals surface area contributed by atoms with Gasteiger partial charge in [0.2, 0.25) is 0 Å². The molecule has 2 aromatic heterocycles. The van der Waals surface area contributed by atoms with Crippen molar-refractivity contribution in [3.63, 3.8) is 0 Å². The van der Waals surface area contributed by atoms with Crippen LogP contribution in [0, 0.1) is 0 Å². The minimum atomic E-state index is -0.151. The van der Waals surface area contributed by atoms with E-state index in [2.05, 4.69) is 41.4 Å². The topological polar surface area (TPSA) is 64.5 Å². The van der Waals surface area contributed by atoms with E-state index in [-0.39, 0.29) is 12.2 Å². The zero-order chi connectivity index (χ0) is 20.0. The van der Waals surface area contributed by atoms with Gasteiger partial charge in [-0.2, -0.15) is 10.2 Å². The van der Waals surface area contributed by atoms with Gasteiger partial charge in [-0.1, -0.05) is 44.7 Å². The average molecular weight is 365 g/mol. The molecule has 0 bridgehead atoms. The highest BCUT2D eigenvalue weighted by Crippen LogP contribution is 2.21. The maximum Gasteiger partial charge on any atom is 0.330 e. The van der Waals surface area contributed by atoms with Crippen LogP contribution in [0.4, 0.5) is 0 Å². The lowest BCUT2D eigenvalue weighted by molar-refractivity contribution is 0.716. The molecule has 0 saturated carbocycles. The molecule has 0 atom stereocenters. The normalized spacial score (nSPS) is 12.9. The fraction of sp³-hybridized carbons (Fsp3) is 0.333. The van der Waals surface area contributed by atoms with E-state index in [1.807, 2.05) is 19.1 Å². The van der Waals surface area contributed by atoms with Crippen LogP contribution in [0.15, 0.2) is 69.9 Å². The number of hydrogen-bond acceptors (Lipinski definition) is 4. The van der Waals surface area contributed by atoms with Crippen molar-refractivity contribution in [2.75, 3.05) is 7.05 Å². The summed E-state index contributed by atoms with van der Waals surface area (Å²) in [6.07, 6.45) is 9.82. The first kappa shape index (κ1) is 20.3. The summed E-state index contributed by atoms with van der Waals surface area (Å²) >= 11 is 0. The van der Waals surface area contributed by atoms with E-state index in [1.165, 1.54) is 10.1 Å². The van der Waals surface area contributed by atoms with Gasteiger partial charge in [-0.15, -0.1) is 0 Å². The Bertz CT molecular complexity index is 1000. The van der Waals surface area contributed by atoms with Crippen LogP contribution in [-0.4, -0.2) is 21.2 Å². The molecule has 6 nitrogen and oxygen atoms in total. The quantitative estimate of drug-likeness (QED) is 0.505. The van der Waals surface area contributed by atoms with Crippen LogP contribution < -0.4 is 5.69 Å². The summed E-state index contributed by atoms with van der Waals surface area (Å²) in [5.41, 5.74) is 5.02. The minimum absolute atomic E-state index is 0.151. The Hall–Kier alpha value is -3.02. The first-order valence-corrected chi connectivity index (χ1v) is 8.96. The molecule has 0 unspecified atom stereocenters. The molecule has 0 N–H and O–H groups in total. The monoisotopic (exact) mass is 365 g/mol. The van der Waals surface area contributed by atoms with Gasteiger partial charge in [0.05, 0.1) is 17.8 Å². The molecular formula is C21H27N5O. The smallest absolute Gasteiger partial charge is 0.284 e. The van der Waals surface area contributed by atoms with Crippen molar-refractivity contribution in [1.82, 2.24) is 14.1 Å². The lowest BCUT2D eigenvalue weighted by Crippen LogP contribution is -2.22. The molecular weight excluding hydrogens is 338 g/mol. The van der Waals surface area contributed by atoms with Crippen molar-refractivity contribution in [2.24, 2.45) is 17.3 Å². The Labute approximate surface area is 160 Å². The molecule has 2 heterocycles. The van der Waals surface area contributed by atoms with E-state index in [0.717, 1.165) is 29.5 Å². The number of allylic oxidation sites excluding steroid dienone is 6. The van der Waals surface area contributed by atoms with Gasteiger partial charge in [0, 0.05) is 20.3 Å². The number of imidazole rings is 1. The standard InChI is InChI=1S/C21H27N5O/c1-7-9-17(10-8-2)11-15(3)18-12-19-20(23-13-18)25(6)21(27)26(19)14-16(4)24-22-5/h7,9,11-13H,1,4,8,10,14H2,2-3,5-6H3/b15-11+,17-9-,24-22?. The molecule has 142 valence electrons. The Kier molecular flexibility index (Phi) is 6.82. The molecule has 0 amide bonds. The van der Waals surface area contributed by atoms with Crippen LogP contribution in [0.25, 0.3) is 16.7 Å². The van der Waals surface area contributed by atoms with E-state index in [4.69, 9.17) is 0 Å². The number of azo groups is 1. The van der Waals surface area contributed by atoms with E-state index in [1.54, 1.807) is 30.9 Å². The van der Waals surface area contributed by atoms with E-state index >= 15 is 0 Å². The molecule has 2 rings (SSSR count). The van der Waals surface area contributed by atoms with Crippen LogP contribution in [0.5, 0.6) is 0 Å². The molecule has 0 aliphatic rings. The third kappa shape index (κ3) is 4.58. The highest BCUT2D eigenvalue weighted by atomic mass is 16.1. The molecule has 27 heavy (non-hydrogen) atoms. The summed E-state index contributed by atoms with van der Waals surface area (Å²) in [7, 11) is 3.29. The first-order chi connectivity index (χ1) is 12.9. The maximum atomic E-state index is 12.6. The van der Waals surface area contributed by atoms with Crippen molar-refractivity contribution in [3.8, 4) is 0 Å². The summed E-state index contributed by atoms with van der Waals surface area (Å²) in [6, 6.07) is 1.99. The lowest BCUT2D eigenvalue weighted by Gasteiger charge is -2.06. The summed E-state index contributed by atoms with van der Waals surface area (Å²) in [6.45, 7) is 12.1. The van der Waals surface area contributed by atoms with Gasteiger partial charge in [0.15, 0.2) is 5.65 Å². The predicted molar refractivity (Wildman–Crippen MR) is 112 cm³/mol. The van der Waals surface area contributed by atoms with Gasteiger partial charge in [0.1, 0.15) is 0 Å². The molecule has 0 aromatic carbocycles. The summed E-state index contributed by atoms with van der Waals surface area (Å²) in [4.78, 5) is 17.1. The summed E-state index contributed by atoms with van der Waals surface area (Å²) < 4.78 is 3.16. The second-order valence-electron chi connectivity index (χ2n) is 6.42. The van der Waals surface area contributed by atoms with Gasteiger partial charge in [-0.25, -0.2) is 9.78 Å². The second-order valence-corrected chi connectivity index (χ2v) is 6.42. The molecule has 0 saturated heterocycles. The van der Waals surface area contributed by atoms with Crippen LogP contribution in [0.3, 0.4) is 0 Å².